The highest BCUT2D eigenvalue weighted by atomic mass is 16.5. The molecule has 0 aromatic rings. The van der Waals surface area contributed by atoms with Crippen molar-refractivity contribution in [3.63, 3.8) is 0 Å². The van der Waals surface area contributed by atoms with E-state index in [0.717, 1.165) is 58.3 Å². The number of rotatable bonds is 12. The van der Waals surface area contributed by atoms with Crippen LogP contribution in [0.4, 0.5) is 0 Å². The summed E-state index contributed by atoms with van der Waals surface area (Å²) >= 11 is 0. The summed E-state index contributed by atoms with van der Waals surface area (Å²) in [7, 11) is 0. The Kier molecular flexibility index (Phi) is 14.0. The molecule has 0 radical (unpaired) electrons. The molecule has 0 aliphatic heterocycles. The average molecular weight is 286 g/mol. The van der Waals surface area contributed by atoms with Crippen LogP contribution in [0.1, 0.15) is 40.5 Å². The van der Waals surface area contributed by atoms with Gasteiger partial charge in [0.1, 0.15) is 0 Å². The van der Waals surface area contributed by atoms with Crippen LogP contribution in [0.3, 0.4) is 0 Å². The van der Waals surface area contributed by atoms with Crippen molar-refractivity contribution >= 4 is 5.96 Å². The third-order valence-electron chi connectivity index (χ3n) is 3.13. The molecular weight excluding hydrogens is 252 g/mol. The van der Waals surface area contributed by atoms with E-state index in [1.54, 1.807) is 0 Å². The van der Waals surface area contributed by atoms with Gasteiger partial charge in [-0.2, -0.15) is 0 Å². The molecule has 0 aliphatic rings. The van der Waals surface area contributed by atoms with Gasteiger partial charge in [-0.15, -0.1) is 0 Å². The number of ether oxygens (including phenoxy) is 1. The van der Waals surface area contributed by atoms with Crippen LogP contribution < -0.4 is 10.6 Å². The Balaban J connectivity index is 3.78. The number of unbranched alkanes of at least 4 members (excludes halogenated alkanes) is 1. The monoisotopic (exact) mass is 286 g/mol. The maximum atomic E-state index is 5.31. The van der Waals surface area contributed by atoms with Gasteiger partial charge in [0.2, 0.25) is 0 Å². The number of guanidine groups is 1. The Bertz CT molecular complexity index is 230. The van der Waals surface area contributed by atoms with Crippen molar-refractivity contribution < 1.29 is 4.74 Å². The van der Waals surface area contributed by atoms with Gasteiger partial charge in [0.15, 0.2) is 5.96 Å². The van der Waals surface area contributed by atoms with Crippen molar-refractivity contribution in [1.29, 1.82) is 0 Å². The zero-order chi connectivity index (χ0) is 15.1. The van der Waals surface area contributed by atoms with E-state index in [4.69, 9.17) is 4.74 Å². The van der Waals surface area contributed by atoms with E-state index in [1.165, 1.54) is 13.0 Å². The van der Waals surface area contributed by atoms with Crippen molar-refractivity contribution in [2.45, 2.75) is 40.5 Å². The fourth-order valence-corrected chi connectivity index (χ4v) is 1.91. The molecule has 0 aliphatic carbocycles. The minimum absolute atomic E-state index is 0.725. The largest absolute Gasteiger partial charge is 0.380 e. The molecule has 0 aromatic heterocycles. The van der Waals surface area contributed by atoms with Gasteiger partial charge < -0.3 is 20.3 Å². The third kappa shape index (κ3) is 11.1. The highest BCUT2D eigenvalue weighted by Crippen LogP contribution is 1.95. The summed E-state index contributed by atoms with van der Waals surface area (Å²) in [5.41, 5.74) is 0. The lowest BCUT2D eigenvalue weighted by molar-refractivity contribution is 0.152. The van der Waals surface area contributed by atoms with Gasteiger partial charge in [-0.1, -0.05) is 13.8 Å². The van der Waals surface area contributed by atoms with Gasteiger partial charge in [0.25, 0.3) is 0 Å². The van der Waals surface area contributed by atoms with E-state index < -0.39 is 0 Å². The molecule has 20 heavy (non-hydrogen) atoms. The van der Waals surface area contributed by atoms with E-state index in [0.29, 0.717) is 0 Å². The Morgan fingerprint density at radius 2 is 1.80 bits per heavy atom. The summed E-state index contributed by atoms with van der Waals surface area (Å²) in [6.07, 6.45) is 2.35. The Morgan fingerprint density at radius 1 is 1.05 bits per heavy atom. The molecule has 0 fully saturated rings. The predicted molar refractivity (Wildman–Crippen MR) is 87.5 cm³/mol. The molecule has 0 aromatic carbocycles. The summed E-state index contributed by atoms with van der Waals surface area (Å²) in [5, 5.41) is 6.54. The highest BCUT2D eigenvalue weighted by Gasteiger charge is 1.99. The van der Waals surface area contributed by atoms with Crippen LogP contribution in [-0.2, 0) is 4.74 Å². The number of hydrogen-bond donors (Lipinski definition) is 2. The molecule has 0 heterocycles. The molecule has 5 heteroatoms. The minimum Gasteiger partial charge on any atom is -0.380 e. The van der Waals surface area contributed by atoms with Crippen LogP contribution in [0.15, 0.2) is 4.99 Å². The Morgan fingerprint density at radius 3 is 2.40 bits per heavy atom. The SMILES string of the molecule is CCNC(=NCCCCN(CC)CC)NCCOCC. The van der Waals surface area contributed by atoms with Gasteiger partial charge in [0.05, 0.1) is 6.61 Å². The first-order valence-corrected chi connectivity index (χ1v) is 8.10. The summed E-state index contributed by atoms with van der Waals surface area (Å²) in [4.78, 5) is 7.03. The molecule has 120 valence electrons. The van der Waals surface area contributed by atoms with Crippen molar-refractivity contribution in [3.8, 4) is 0 Å². The summed E-state index contributed by atoms with van der Waals surface area (Å²) in [6, 6.07) is 0. The lowest BCUT2D eigenvalue weighted by atomic mass is 10.3. The van der Waals surface area contributed by atoms with Crippen LogP contribution >= 0.6 is 0 Å². The normalized spacial score (nSPS) is 11.9. The standard InChI is InChI=1S/C15H34N4O/c1-5-16-15(18-12-14-20-8-4)17-11-9-10-13-19(6-2)7-3/h5-14H2,1-4H3,(H2,16,17,18). The molecule has 0 amide bonds. The van der Waals surface area contributed by atoms with Crippen molar-refractivity contribution in [3.05, 3.63) is 0 Å². The highest BCUT2D eigenvalue weighted by molar-refractivity contribution is 5.79. The van der Waals surface area contributed by atoms with Crippen LogP contribution in [0.2, 0.25) is 0 Å². The third-order valence-corrected chi connectivity index (χ3v) is 3.13. The van der Waals surface area contributed by atoms with Crippen LogP contribution in [0, 0.1) is 0 Å². The minimum atomic E-state index is 0.725. The predicted octanol–water partition coefficient (Wildman–Crippen LogP) is 1.70. The lowest BCUT2D eigenvalue weighted by Gasteiger charge is -2.17. The van der Waals surface area contributed by atoms with Crippen molar-refractivity contribution in [2.75, 3.05) is 52.5 Å². The Hall–Kier alpha value is -0.810. The summed E-state index contributed by atoms with van der Waals surface area (Å²) in [6.45, 7) is 16.0. The van der Waals surface area contributed by atoms with Crippen molar-refractivity contribution in [1.82, 2.24) is 15.5 Å². The van der Waals surface area contributed by atoms with E-state index in [2.05, 4.69) is 41.3 Å². The van der Waals surface area contributed by atoms with Gasteiger partial charge in [0, 0.05) is 26.2 Å². The molecule has 0 saturated heterocycles. The second kappa shape index (κ2) is 14.6. The second-order valence-corrected chi connectivity index (χ2v) is 4.62. The first-order valence-electron chi connectivity index (χ1n) is 8.10. The van der Waals surface area contributed by atoms with E-state index >= 15 is 0 Å². The number of nitrogens with one attached hydrogen (secondary N) is 2. The molecule has 5 nitrogen and oxygen atoms in total. The van der Waals surface area contributed by atoms with Gasteiger partial charge in [-0.25, -0.2) is 0 Å². The molecule has 0 bridgehead atoms. The van der Waals surface area contributed by atoms with Gasteiger partial charge in [-0.05, 0) is 46.3 Å². The van der Waals surface area contributed by atoms with E-state index in [-0.39, 0.29) is 0 Å². The topological polar surface area (TPSA) is 48.9 Å². The maximum Gasteiger partial charge on any atom is 0.191 e. The van der Waals surface area contributed by atoms with Crippen molar-refractivity contribution in [2.24, 2.45) is 4.99 Å². The first kappa shape index (κ1) is 19.2. The quantitative estimate of drug-likeness (QED) is 0.326. The Labute approximate surface area is 125 Å². The van der Waals surface area contributed by atoms with Crippen LogP contribution in [0.25, 0.3) is 0 Å². The van der Waals surface area contributed by atoms with Crippen LogP contribution in [-0.4, -0.2) is 63.3 Å². The number of aliphatic imine (C=N–C) groups is 1. The van der Waals surface area contributed by atoms with E-state index in [9.17, 15) is 0 Å². The first-order chi connectivity index (χ1) is 9.78. The zero-order valence-corrected chi connectivity index (χ0v) is 13.9. The maximum absolute atomic E-state index is 5.31. The van der Waals surface area contributed by atoms with Gasteiger partial charge >= 0.3 is 0 Å². The summed E-state index contributed by atoms with van der Waals surface area (Å²) in [5.74, 6) is 0.898. The molecular formula is C15H34N4O. The molecule has 2 N–H and O–H groups in total. The second-order valence-electron chi connectivity index (χ2n) is 4.62. The number of nitrogens with zero attached hydrogens (tertiary/aromatic N) is 2. The lowest BCUT2D eigenvalue weighted by Crippen LogP contribution is -2.39. The number of hydrogen-bond acceptors (Lipinski definition) is 3. The summed E-state index contributed by atoms with van der Waals surface area (Å²) < 4.78 is 5.31. The molecule has 0 unspecified atom stereocenters. The smallest absolute Gasteiger partial charge is 0.191 e. The zero-order valence-electron chi connectivity index (χ0n) is 13.9. The van der Waals surface area contributed by atoms with E-state index in [1.807, 2.05) is 6.92 Å². The fourth-order valence-electron chi connectivity index (χ4n) is 1.91. The molecule has 0 rings (SSSR count). The molecule has 0 spiro atoms. The average Bonchev–Trinajstić information content (AvgIpc) is 2.47. The molecule has 0 atom stereocenters. The fraction of sp³-hybridized carbons (Fsp3) is 0.933. The van der Waals surface area contributed by atoms with Crippen LogP contribution in [0.5, 0.6) is 0 Å². The molecule has 0 saturated carbocycles. The van der Waals surface area contributed by atoms with Gasteiger partial charge in [-0.3, -0.25) is 4.99 Å².